The Morgan fingerprint density at radius 2 is 2.06 bits per heavy atom. The standard InChI is InChI=1S/C11H24N2O3/c1-6-7-12-11(4,15)9(8(2)3)13-10(14)16-5/h8-9,12,15H,6-7H2,1-5H3,(H,13,14)/t9-,11-/m0/s1. The maximum absolute atomic E-state index is 11.2. The number of amides is 1. The maximum Gasteiger partial charge on any atom is 0.407 e. The molecule has 0 unspecified atom stereocenters. The molecule has 5 nitrogen and oxygen atoms in total. The fourth-order valence-electron chi connectivity index (χ4n) is 1.63. The van der Waals surface area contributed by atoms with Crippen LogP contribution < -0.4 is 10.6 Å². The van der Waals surface area contributed by atoms with Crippen LogP contribution in [-0.2, 0) is 4.74 Å². The minimum absolute atomic E-state index is 0.0958. The van der Waals surface area contributed by atoms with E-state index in [1.165, 1.54) is 7.11 Å². The predicted molar refractivity (Wildman–Crippen MR) is 63.1 cm³/mol. The number of carbonyl (C=O) groups is 1. The maximum atomic E-state index is 11.2. The molecule has 0 fully saturated rings. The zero-order valence-corrected chi connectivity index (χ0v) is 10.8. The molecule has 0 bridgehead atoms. The van der Waals surface area contributed by atoms with Gasteiger partial charge in [0.15, 0.2) is 0 Å². The van der Waals surface area contributed by atoms with Crippen molar-refractivity contribution in [3.63, 3.8) is 0 Å². The van der Waals surface area contributed by atoms with Crippen LogP contribution in [0.1, 0.15) is 34.1 Å². The van der Waals surface area contributed by atoms with Gasteiger partial charge in [0.05, 0.1) is 13.2 Å². The third-order valence-corrected chi connectivity index (χ3v) is 2.46. The molecular weight excluding hydrogens is 208 g/mol. The molecule has 0 rings (SSSR count). The smallest absolute Gasteiger partial charge is 0.407 e. The van der Waals surface area contributed by atoms with Gasteiger partial charge in [-0.15, -0.1) is 0 Å². The van der Waals surface area contributed by atoms with Gasteiger partial charge >= 0.3 is 6.09 Å². The number of methoxy groups -OCH3 is 1. The molecule has 0 aromatic rings. The Bertz CT molecular complexity index is 217. The topological polar surface area (TPSA) is 70.6 Å². The van der Waals surface area contributed by atoms with Gasteiger partial charge in [0.2, 0.25) is 0 Å². The van der Waals surface area contributed by atoms with Crippen molar-refractivity contribution < 1.29 is 14.6 Å². The summed E-state index contributed by atoms with van der Waals surface area (Å²) in [4.78, 5) is 11.2. The number of ether oxygens (including phenoxy) is 1. The third kappa shape index (κ3) is 4.81. The Balaban J connectivity index is 4.55. The van der Waals surface area contributed by atoms with E-state index in [1.807, 2.05) is 20.8 Å². The lowest BCUT2D eigenvalue weighted by Gasteiger charge is -2.36. The van der Waals surface area contributed by atoms with Gasteiger partial charge in [0.1, 0.15) is 5.72 Å². The Labute approximate surface area is 97.6 Å². The molecule has 5 heteroatoms. The first-order valence-electron chi connectivity index (χ1n) is 5.67. The van der Waals surface area contributed by atoms with Crippen molar-refractivity contribution in [2.75, 3.05) is 13.7 Å². The first-order chi connectivity index (χ1) is 7.35. The van der Waals surface area contributed by atoms with Gasteiger partial charge in [-0.25, -0.2) is 4.79 Å². The van der Waals surface area contributed by atoms with Crippen LogP contribution in [0.4, 0.5) is 4.79 Å². The average molecular weight is 232 g/mol. The molecule has 0 saturated carbocycles. The molecule has 2 atom stereocenters. The van der Waals surface area contributed by atoms with Crippen LogP contribution in [0.25, 0.3) is 0 Å². The van der Waals surface area contributed by atoms with Crippen molar-refractivity contribution in [3.05, 3.63) is 0 Å². The van der Waals surface area contributed by atoms with E-state index < -0.39 is 17.9 Å². The molecule has 16 heavy (non-hydrogen) atoms. The quantitative estimate of drug-likeness (QED) is 0.599. The van der Waals surface area contributed by atoms with Gasteiger partial charge in [0.25, 0.3) is 0 Å². The van der Waals surface area contributed by atoms with Gasteiger partial charge in [-0.1, -0.05) is 20.8 Å². The molecule has 3 N–H and O–H groups in total. The molecule has 96 valence electrons. The monoisotopic (exact) mass is 232 g/mol. The highest BCUT2D eigenvalue weighted by Crippen LogP contribution is 2.15. The third-order valence-electron chi connectivity index (χ3n) is 2.46. The molecule has 0 aliphatic carbocycles. The van der Waals surface area contributed by atoms with E-state index in [-0.39, 0.29) is 5.92 Å². The minimum Gasteiger partial charge on any atom is -0.453 e. The Kier molecular flexibility index (Phi) is 6.36. The first kappa shape index (κ1) is 15.2. The van der Waals surface area contributed by atoms with E-state index in [1.54, 1.807) is 6.92 Å². The summed E-state index contributed by atoms with van der Waals surface area (Å²) in [5.41, 5.74) is -1.14. The molecular formula is C11H24N2O3. The molecule has 0 aliphatic heterocycles. The molecule has 1 amide bonds. The Morgan fingerprint density at radius 1 is 1.50 bits per heavy atom. The number of alkyl carbamates (subject to hydrolysis) is 1. The second-order valence-corrected chi connectivity index (χ2v) is 4.43. The van der Waals surface area contributed by atoms with Crippen molar-refractivity contribution in [2.24, 2.45) is 5.92 Å². The van der Waals surface area contributed by atoms with Crippen molar-refractivity contribution in [1.29, 1.82) is 0 Å². The zero-order valence-electron chi connectivity index (χ0n) is 10.8. The summed E-state index contributed by atoms with van der Waals surface area (Å²) in [5.74, 6) is 0.0958. The highest BCUT2D eigenvalue weighted by molar-refractivity contribution is 5.67. The van der Waals surface area contributed by atoms with Crippen LogP contribution in [0, 0.1) is 5.92 Å². The van der Waals surface area contributed by atoms with Crippen LogP contribution in [0.2, 0.25) is 0 Å². The Hall–Kier alpha value is -0.810. The Morgan fingerprint density at radius 3 is 2.44 bits per heavy atom. The lowest BCUT2D eigenvalue weighted by atomic mass is 9.94. The van der Waals surface area contributed by atoms with Gasteiger partial charge < -0.3 is 15.2 Å². The van der Waals surface area contributed by atoms with Gasteiger partial charge in [-0.2, -0.15) is 0 Å². The fraction of sp³-hybridized carbons (Fsp3) is 0.909. The van der Waals surface area contributed by atoms with Crippen LogP contribution in [0.15, 0.2) is 0 Å². The predicted octanol–water partition coefficient (Wildman–Crippen LogP) is 1.08. The summed E-state index contributed by atoms with van der Waals surface area (Å²) in [7, 11) is 1.31. The second kappa shape index (κ2) is 6.70. The molecule has 0 saturated heterocycles. The number of hydrogen-bond acceptors (Lipinski definition) is 4. The van der Waals surface area contributed by atoms with Crippen LogP contribution >= 0.6 is 0 Å². The molecule has 0 heterocycles. The zero-order chi connectivity index (χ0) is 12.8. The van der Waals surface area contributed by atoms with E-state index in [9.17, 15) is 9.90 Å². The van der Waals surface area contributed by atoms with E-state index in [4.69, 9.17) is 0 Å². The second-order valence-electron chi connectivity index (χ2n) is 4.43. The van der Waals surface area contributed by atoms with Crippen molar-refractivity contribution >= 4 is 6.09 Å². The number of nitrogens with one attached hydrogen (secondary N) is 2. The highest BCUT2D eigenvalue weighted by Gasteiger charge is 2.34. The van der Waals surface area contributed by atoms with Crippen LogP contribution in [0.3, 0.4) is 0 Å². The van der Waals surface area contributed by atoms with E-state index >= 15 is 0 Å². The lowest BCUT2D eigenvalue weighted by Crippen LogP contribution is -2.61. The molecule has 0 aliphatic rings. The van der Waals surface area contributed by atoms with Gasteiger partial charge in [0, 0.05) is 0 Å². The summed E-state index contributed by atoms with van der Waals surface area (Å²) < 4.78 is 4.54. The van der Waals surface area contributed by atoms with Crippen molar-refractivity contribution in [1.82, 2.24) is 10.6 Å². The van der Waals surface area contributed by atoms with E-state index in [0.29, 0.717) is 6.54 Å². The number of rotatable bonds is 6. The first-order valence-corrected chi connectivity index (χ1v) is 5.67. The average Bonchev–Trinajstić information content (AvgIpc) is 2.21. The van der Waals surface area contributed by atoms with E-state index in [0.717, 1.165) is 6.42 Å². The summed E-state index contributed by atoms with van der Waals surface area (Å²) in [6.45, 7) is 8.23. The normalized spacial score (nSPS) is 16.7. The molecule has 0 aromatic carbocycles. The largest absolute Gasteiger partial charge is 0.453 e. The summed E-state index contributed by atoms with van der Waals surface area (Å²) >= 11 is 0. The SMILES string of the molecule is CCCN[C@@](C)(O)[C@@H](NC(=O)OC)C(C)C. The van der Waals surface area contributed by atoms with E-state index in [2.05, 4.69) is 15.4 Å². The van der Waals surface area contributed by atoms with Gasteiger partial charge in [-0.05, 0) is 25.8 Å². The van der Waals surface area contributed by atoms with Gasteiger partial charge in [-0.3, -0.25) is 5.32 Å². The number of carbonyl (C=O) groups excluding carboxylic acids is 1. The molecule has 0 aromatic heterocycles. The van der Waals surface area contributed by atoms with Crippen molar-refractivity contribution in [2.45, 2.75) is 45.9 Å². The lowest BCUT2D eigenvalue weighted by molar-refractivity contribution is -0.0264. The summed E-state index contributed by atoms with van der Waals surface area (Å²) in [6, 6.07) is -0.397. The number of hydrogen-bond donors (Lipinski definition) is 3. The molecule has 0 radical (unpaired) electrons. The fourth-order valence-corrected chi connectivity index (χ4v) is 1.63. The van der Waals surface area contributed by atoms with Crippen molar-refractivity contribution in [3.8, 4) is 0 Å². The molecule has 0 spiro atoms. The summed E-state index contributed by atoms with van der Waals surface area (Å²) in [5, 5.41) is 15.9. The summed E-state index contributed by atoms with van der Waals surface area (Å²) in [6.07, 6.45) is 0.386. The minimum atomic E-state index is -1.14. The highest BCUT2D eigenvalue weighted by atomic mass is 16.5. The number of aliphatic hydroxyl groups is 1. The van der Waals surface area contributed by atoms with Crippen LogP contribution in [-0.4, -0.2) is 36.6 Å². The van der Waals surface area contributed by atoms with Crippen LogP contribution in [0.5, 0.6) is 0 Å².